The first-order chi connectivity index (χ1) is 9.16. The first-order valence-electron chi connectivity index (χ1n) is 7.37. The summed E-state index contributed by atoms with van der Waals surface area (Å²) < 4.78 is 0. The third kappa shape index (κ3) is 4.10. The summed E-state index contributed by atoms with van der Waals surface area (Å²) in [6.07, 6.45) is 8.76. The van der Waals surface area contributed by atoms with E-state index in [0.717, 1.165) is 18.5 Å². The Kier molecular flexibility index (Phi) is 5.03. The van der Waals surface area contributed by atoms with Crippen LogP contribution >= 0.6 is 0 Å². The van der Waals surface area contributed by atoms with Crippen molar-refractivity contribution in [2.75, 3.05) is 6.54 Å². The van der Waals surface area contributed by atoms with Gasteiger partial charge in [0.15, 0.2) is 0 Å². The zero-order valence-corrected chi connectivity index (χ0v) is 12.1. The molecule has 0 aromatic heterocycles. The topological polar surface area (TPSA) is 32.3 Å². The van der Waals surface area contributed by atoms with Gasteiger partial charge in [0.05, 0.1) is 0 Å². The molecule has 1 aliphatic rings. The second-order valence-corrected chi connectivity index (χ2v) is 5.60. The summed E-state index contributed by atoms with van der Waals surface area (Å²) in [5.74, 6) is 0.391. The van der Waals surface area contributed by atoms with Crippen LogP contribution in [-0.4, -0.2) is 11.7 Å². The second-order valence-electron chi connectivity index (χ2n) is 5.60. The van der Waals surface area contributed by atoms with E-state index in [1.165, 1.54) is 31.2 Å². The van der Waals surface area contributed by atoms with E-state index in [4.69, 9.17) is 0 Å². The van der Waals surface area contributed by atoms with E-state index < -0.39 is 0 Å². The molecule has 0 amide bonds. The van der Waals surface area contributed by atoms with E-state index in [1.807, 2.05) is 6.07 Å². The lowest BCUT2D eigenvalue weighted by atomic mass is 9.97. The molecule has 19 heavy (non-hydrogen) atoms. The minimum Gasteiger partial charge on any atom is -0.508 e. The zero-order chi connectivity index (χ0) is 13.7. The number of phenolic OH excluding ortho intramolecular Hbond substituents is 1. The number of rotatable bonds is 5. The molecule has 0 bridgehead atoms. The molecule has 2 nitrogen and oxygen atoms in total. The van der Waals surface area contributed by atoms with Crippen molar-refractivity contribution in [3.63, 3.8) is 0 Å². The highest BCUT2D eigenvalue weighted by Gasteiger charge is 2.10. The lowest BCUT2D eigenvalue weighted by Crippen LogP contribution is -2.20. The quantitative estimate of drug-likeness (QED) is 0.775. The van der Waals surface area contributed by atoms with Gasteiger partial charge < -0.3 is 10.4 Å². The first kappa shape index (κ1) is 14.1. The monoisotopic (exact) mass is 259 g/mol. The van der Waals surface area contributed by atoms with Crippen molar-refractivity contribution in [3.8, 4) is 5.75 Å². The maximum absolute atomic E-state index is 9.90. The summed E-state index contributed by atoms with van der Waals surface area (Å²) in [5.41, 5.74) is 3.79. The fourth-order valence-corrected chi connectivity index (χ4v) is 2.71. The highest BCUT2D eigenvalue weighted by Crippen LogP contribution is 2.25. The Balaban J connectivity index is 1.85. The van der Waals surface area contributed by atoms with Gasteiger partial charge in [-0.1, -0.05) is 29.3 Å². The van der Waals surface area contributed by atoms with Gasteiger partial charge >= 0.3 is 0 Å². The van der Waals surface area contributed by atoms with Crippen molar-refractivity contribution in [2.24, 2.45) is 0 Å². The van der Waals surface area contributed by atoms with Gasteiger partial charge in [0, 0.05) is 11.6 Å². The number of nitrogens with one attached hydrogen (secondary N) is 1. The minimum atomic E-state index is 0.198. The van der Waals surface area contributed by atoms with Crippen molar-refractivity contribution in [2.45, 2.75) is 52.0 Å². The average Bonchev–Trinajstić information content (AvgIpc) is 2.42. The van der Waals surface area contributed by atoms with Crippen LogP contribution in [0.3, 0.4) is 0 Å². The van der Waals surface area contributed by atoms with Crippen LogP contribution in [0.15, 0.2) is 29.8 Å². The number of allylic oxidation sites excluding steroid dienone is 1. The largest absolute Gasteiger partial charge is 0.508 e. The Bertz CT molecular complexity index is 451. The molecule has 0 radical (unpaired) electrons. The van der Waals surface area contributed by atoms with E-state index in [0.29, 0.717) is 5.75 Å². The molecule has 0 saturated carbocycles. The van der Waals surface area contributed by atoms with E-state index in [-0.39, 0.29) is 6.04 Å². The lowest BCUT2D eigenvalue weighted by molar-refractivity contribution is 0.452. The molecule has 2 rings (SSSR count). The molecule has 0 heterocycles. The summed E-state index contributed by atoms with van der Waals surface area (Å²) in [4.78, 5) is 0. The molecule has 1 atom stereocenters. The Labute approximate surface area is 116 Å². The van der Waals surface area contributed by atoms with Crippen LogP contribution in [0, 0.1) is 6.92 Å². The Morgan fingerprint density at radius 3 is 2.89 bits per heavy atom. The molecule has 0 saturated heterocycles. The van der Waals surface area contributed by atoms with Crippen molar-refractivity contribution >= 4 is 0 Å². The summed E-state index contributed by atoms with van der Waals surface area (Å²) in [7, 11) is 0. The van der Waals surface area contributed by atoms with Gasteiger partial charge in [0.1, 0.15) is 5.75 Å². The normalized spacial score (nSPS) is 17.1. The number of aryl methyl sites for hydroxylation is 1. The van der Waals surface area contributed by atoms with Gasteiger partial charge in [-0.05, 0) is 58.6 Å². The lowest BCUT2D eigenvalue weighted by Gasteiger charge is -2.18. The summed E-state index contributed by atoms with van der Waals surface area (Å²) in [6.45, 7) is 5.16. The highest BCUT2D eigenvalue weighted by atomic mass is 16.3. The fourth-order valence-electron chi connectivity index (χ4n) is 2.71. The smallest absolute Gasteiger partial charge is 0.120 e. The van der Waals surface area contributed by atoms with Gasteiger partial charge in [0.2, 0.25) is 0 Å². The molecular formula is C17H25NO. The number of hydrogen-bond donors (Lipinski definition) is 2. The van der Waals surface area contributed by atoms with Crippen molar-refractivity contribution in [1.29, 1.82) is 0 Å². The van der Waals surface area contributed by atoms with Gasteiger partial charge in [0.25, 0.3) is 0 Å². The van der Waals surface area contributed by atoms with E-state index in [2.05, 4.69) is 31.3 Å². The molecular weight excluding hydrogens is 234 g/mol. The van der Waals surface area contributed by atoms with Gasteiger partial charge in [-0.15, -0.1) is 0 Å². The van der Waals surface area contributed by atoms with Crippen molar-refractivity contribution < 1.29 is 5.11 Å². The number of phenols is 1. The highest BCUT2D eigenvalue weighted by molar-refractivity contribution is 5.37. The number of aromatic hydroxyl groups is 1. The molecule has 0 aliphatic heterocycles. The predicted molar refractivity (Wildman–Crippen MR) is 80.4 cm³/mol. The summed E-state index contributed by atoms with van der Waals surface area (Å²) in [5, 5.41) is 13.4. The molecule has 2 N–H and O–H groups in total. The molecule has 1 aromatic rings. The molecule has 1 unspecified atom stereocenters. The third-order valence-electron chi connectivity index (χ3n) is 3.93. The van der Waals surface area contributed by atoms with Crippen LogP contribution in [0.1, 0.15) is 56.2 Å². The van der Waals surface area contributed by atoms with E-state index >= 15 is 0 Å². The zero-order valence-electron chi connectivity index (χ0n) is 12.1. The maximum Gasteiger partial charge on any atom is 0.120 e. The third-order valence-corrected chi connectivity index (χ3v) is 3.93. The van der Waals surface area contributed by atoms with E-state index in [9.17, 15) is 5.11 Å². The Hall–Kier alpha value is -1.28. The Morgan fingerprint density at radius 2 is 2.16 bits per heavy atom. The van der Waals surface area contributed by atoms with Gasteiger partial charge in [-0.25, -0.2) is 0 Å². The maximum atomic E-state index is 9.90. The average molecular weight is 259 g/mol. The molecule has 1 aliphatic carbocycles. The fraction of sp³-hybridized carbons (Fsp3) is 0.529. The second kappa shape index (κ2) is 6.76. The van der Waals surface area contributed by atoms with Crippen LogP contribution in [0.2, 0.25) is 0 Å². The minimum absolute atomic E-state index is 0.198. The van der Waals surface area contributed by atoms with Crippen LogP contribution in [0.5, 0.6) is 5.75 Å². The SMILES string of the molecule is Cc1ccc(O)c(C(C)NCCC2=CCCCC2)c1. The first-order valence-corrected chi connectivity index (χ1v) is 7.37. The van der Waals surface area contributed by atoms with E-state index in [1.54, 1.807) is 11.6 Å². The molecule has 0 fully saturated rings. The van der Waals surface area contributed by atoms with Crippen molar-refractivity contribution in [3.05, 3.63) is 41.0 Å². The molecule has 104 valence electrons. The van der Waals surface area contributed by atoms with Crippen LogP contribution < -0.4 is 5.32 Å². The molecule has 0 spiro atoms. The van der Waals surface area contributed by atoms with Crippen molar-refractivity contribution in [1.82, 2.24) is 5.32 Å². The molecule has 1 aromatic carbocycles. The van der Waals surface area contributed by atoms with Gasteiger partial charge in [-0.3, -0.25) is 0 Å². The van der Waals surface area contributed by atoms with Crippen LogP contribution in [-0.2, 0) is 0 Å². The summed E-state index contributed by atoms with van der Waals surface area (Å²) in [6, 6.07) is 5.99. The van der Waals surface area contributed by atoms with Crippen LogP contribution in [0.25, 0.3) is 0 Å². The van der Waals surface area contributed by atoms with Crippen LogP contribution in [0.4, 0.5) is 0 Å². The van der Waals surface area contributed by atoms with Gasteiger partial charge in [-0.2, -0.15) is 0 Å². The molecule has 2 heteroatoms. The Morgan fingerprint density at radius 1 is 1.32 bits per heavy atom. The number of benzene rings is 1. The summed E-state index contributed by atoms with van der Waals surface area (Å²) >= 11 is 0. The predicted octanol–water partition coefficient (Wildman–Crippen LogP) is 4.24. The standard InChI is InChI=1S/C17H25NO/c1-13-8-9-17(19)16(12-13)14(2)18-11-10-15-6-4-3-5-7-15/h6,8-9,12,14,18-19H,3-5,7,10-11H2,1-2H3. The number of hydrogen-bond acceptors (Lipinski definition) is 2.